The van der Waals surface area contributed by atoms with Crippen molar-refractivity contribution in [3.8, 4) is 0 Å². The Kier molecular flexibility index (Phi) is 4.45. The highest BCUT2D eigenvalue weighted by atomic mass is 35.5. The summed E-state index contributed by atoms with van der Waals surface area (Å²) in [5.74, 6) is -0.238. The van der Waals surface area contributed by atoms with Crippen molar-refractivity contribution in [3.63, 3.8) is 0 Å². The zero-order valence-corrected chi connectivity index (χ0v) is 13.0. The average Bonchev–Trinajstić information content (AvgIpc) is 3.00. The van der Waals surface area contributed by atoms with Crippen LogP contribution in [0.2, 0.25) is 5.02 Å². The largest absolute Gasteiger partial charge is 0.476 e. The van der Waals surface area contributed by atoms with Gasteiger partial charge < -0.3 is 15.1 Å². The highest BCUT2D eigenvalue weighted by Crippen LogP contribution is 2.34. The Balaban J connectivity index is 1.80. The third kappa shape index (κ3) is 3.28. The maximum atomic E-state index is 10.8. The number of anilines is 1. The van der Waals surface area contributed by atoms with E-state index in [4.69, 9.17) is 16.7 Å². The van der Waals surface area contributed by atoms with Crippen molar-refractivity contribution in [1.29, 1.82) is 0 Å². The number of hydrogen-bond acceptors (Lipinski definition) is 5. The normalized spacial score (nSPS) is 20.7. The molecule has 0 unspecified atom stereocenters. The van der Waals surface area contributed by atoms with E-state index < -0.39 is 5.97 Å². The summed E-state index contributed by atoms with van der Waals surface area (Å²) in [5, 5.41) is 19.2. The van der Waals surface area contributed by atoms with E-state index in [1.165, 1.54) is 12.4 Å². The number of aromatic nitrogens is 2. The molecule has 0 aliphatic carbocycles. The van der Waals surface area contributed by atoms with Crippen molar-refractivity contribution < 1.29 is 15.0 Å². The van der Waals surface area contributed by atoms with Gasteiger partial charge in [0.1, 0.15) is 5.82 Å². The maximum absolute atomic E-state index is 10.8. The molecule has 2 N–H and O–H groups in total. The Hall–Kier alpha value is -2.18. The number of benzene rings is 1. The number of nitrogens with zero attached hydrogens (tertiary/aromatic N) is 3. The molecule has 1 aromatic carbocycles. The second-order valence-electron chi connectivity index (χ2n) is 5.57. The number of carbonyl (C=O) groups is 1. The minimum absolute atomic E-state index is 0.0738. The molecule has 23 heavy (non-hydrogen) atoms. The first-order chi connectivity index (χ1) is 11.1. The Morgan fingerprint density at radius 1 is 1.22 bits per heavy atom. The first kappa shape index (κ1) is 15.7. The van der Waals surface area contributed by atoms with Crippen molar-refractivity contribution >= 4 is 23.4 Å². The van der Waals surface area contributed by atoms with Crippen molar-refractivity contribution in [2.24, 2.45) is 5.92 Å². The SMILES string of the molecule is O=C(O)c1cnc(N2C[C@@H](CO)[C@H](c3ccc(Cl)cc3)C2)cn1. The number of carboxylic acid groups (broad SMARTS) is 1. The summed E-state index contributed by atoms with van der Waals surface area (Å²) in [6.45, 7) is 1.41. The monoisotopic (exact) mass is 333 g/mol. The fourth-order valence-electron chi connectivity index (χ4n) is 2.93. The van der Waals surface area contributed by atoms with Crippen LogP contribution in [0.5, 0.6) is 0 Å². The smallest absolute Gasteiger partial charge is 0.356 e. The molecule has 2 heterocycles. The van der Waals surface area contributed by atoms with Crippen molar-refractivity contribution in [2.75, 3.05) is 24.6 Å². The number of hydrogen-bond donors (Lipinski definition) is 2. The van der Waals surface area contributed by atoms with Gasteiger partial charge in [-0.25, -0.2) is 14.8 Å². The van der Waals surface area contributed by atoms with Gasteiger partial charge in [-0.3, -0.25) is 0 Å². The van der Waals surface area contributed by atoms with Crippen LogP contribution in [0.25, 0.3) is 0 Å². The summed E-state index contributed by atoms with van der Waals surface area (Å²) >= 11 is 5.93. The minimum atomic E-state index is -1.10. The van der Waals surface area contributed by atoms with Gasteiger partial charge in [-0.05, 0) is 17.7 Å². The Morgan fingerprint density at radius 3 is 2.52 bits per heavy atom. The summed E-state index contributed by atoms with van der Waals surface area (Å²) in [6, 6.07) is 7.63. The quantitative estimate of drug-likeness (QED) is 0.890. The third-order valence-corrected chi connectivity index (χ3v) is 4.41. The van der Waals surface area contributed by atoms with E-state index in [1.54, 1.807) is 0 Å². The Labute approximate surface area is 138 Å². The first-order valence-corrected chi connectivity index (χ1v) is 7.63. The lowest BCUT2D eigenvalue weighted by Gasteiger charge is -2.17. The van der Waals surface area contributed by atoms with Gasteiger partial charge in [-0.1, -0.05) is 23.7 Å². The van der Waals surface area contributed by atoms with E-state index in [-0.39, 0.29) is 24.1 Å². The molecule has 1 fully saturated rings. The molecule has 1 aliphatic rings. The summed E-state index contributed by atoms with van der Waals surface area (Å²) in [6.07, 6.45) is 2.71. The van der Waals surface area contributed by atoms with Gasteiger partial charge in [0.05, 0.1) is 12.4 Å². The highest BCUT2D eigenvalue weighted by molar-refractivity contribution is 6.30. The minimum Gasteiger partial charge on any atom is -0.476 e. The molecule has 7 heteroatoms. The third-order valence-electron chi connectivity index (χ3n) is 4.16. The van der Waals surface area contributed by atoms with Gasteiger partial charge in [-0.2, -0.15) is 0 Å². The van der Waals surface area contributed by atoms with Crippen LogP contribution in [0.15, 0.2) is 36.7 Å². The van der Waals surface area contributed by atoms with E-state index in [1.807, 2.05) is 29.2 Å². The predicted molar refractivity (Wildman–Crippen MR) is 86.0 cm³/mol. The average molecular weight is 334 g/mol. The van der Waals surface area contributed by atoms with Crippen LogP contribution in [-0.2, 0) is 0 Å². The highest BCUT2D eigenvalue weighted by Gasteiger charge is 2.34. The van der Waals surface area contributed by atoms with E-state index in [0.29, 0.717) is 23.9 Å². The fraction of sp³-hybridized carbons (Fsp3) is 0.312. The number of rotatable bonds is 4. The van der Waals surface area contributed by atoms with E-state index in [2.05, 4.69) is 9.97 Å². The van der Waals surface area contributed by atoms with Crippen LogP contribution in [0, 0.1) is 5.92 Å². The van der Waals surface area contributed by atoms with E-state index in [0.717, 1.165) is 5.56 Å². The second kappa shape index (κ2) is 6.52. The molecule has 0 bridgehead atoms. The van der Waals surface area contributed by atoms with Gasteiger partial charge in [-0.15, -0.1) is 0 Å². The molecule has 6 nitrogen and oxygen atoms in total. The molecule has 1 aliphatic heterocycles. The lowest BCUT2D eigenvalue weighted by molar-refractivity contribution is 0.0690. The van der Waals surface area contributed by atoms with E-state index in [9.17, 15) is 9.90 Å². The molecule has 0 amide bonds. The van der Waals surface area contributed by atoms with Crippen LogP contribution in [0.4, 0.5) is 5.82 Å². The fourth-order valence-corrected chi connectivity index (χ4v) is 3.05. The molecule has 2 atom stereocenters. The van der Waals surface area contributed by atoms with E-state index >= 15 is 0 Å². The van der Waals surface area contributed by atoms with Crippen LogP contribution in [-0.4, -0.2) is 45.8 Å². The zero-order chi connectivity index (χ0) is 16.4. The summed E-state index contributed by atoms with van der Waals surface area (Å²) in [5.41, 5.74) is 1.03. The number of aliphatic hydroxyl groups excluding tert-OH is 1. The molecule has 0 saturated carbocycles. The molecule has 1 saturated heterocycles. The van der Waals surface area contributed by atoms with Crippen molar-refractivity contribution in [2.45, 2.75) is 5.92 Å². The summed E-state index contributed by atoms with van der Waals surface area (Å²) in [4.78, 5) is 20.9. The zero-order valence-electron chi connectivity index (χ0n) is 12.3. The lowest BCUT2D eigenvalue weighted by atomic mass is 9.90. The first-order valence-electron chi connectivity index (χ1n) is 7.25. The van der Waals surface area contributed by atoms with Gasteiger partial charge in [0.2, 0.25) is 0 Å². The van der Waals surface area contributed by atoms with Gasteiger partial charge >= 0.3 is 5.97 Å². The number of halogens is 1. The van der Waals surface area contributed by atoms with Crippen molar-refractivity contribution in [1.82, 2.24) is 9.97 Å². The molecule has 2 aromatic rings. The molecule has 0 spiro atoms. The summed E-state index contributed by atoms with van der Waals surface area (Å²) < 4.78 is 0. The number of aromatic carboxylic acids is 1. The van der Waals surface area contributed by atoms with Crippen molar-refractivity contribution in [3.05, 3.63) is 52.9 Å². The Morgan fingerprint density at radius 2 is 1.96 bits per heavy atom. The van der Waals surface area contributed by atoms with Crippen LogP contribution in [0.1, 0.15) is 22.0 Å². The standard InChI is InChI=1S/C16H16ClN3O3/c17-12-3-1-10(2-4-12)13-8-20(7-11(13)9-21)15-6-18-14(5-19-15)16(22)23/h1-6,11,13,21H,7-9H2,(H,22,23)/t11-,13-/m0/s1. The number of aliphatic hydroxyl groups is 1. The molecular weight excluding hydrogens is 318 g/mol. The lowest BCUT2D eigenvalue weighted by Crippen LogP contribution is -2.22. The summed E-state index contributed by atoms with van der Waals surface area (Å²) in [7, 11) is 0. The van der Waals surface area contributed by atoms with Crippen LogP contribution < -0.4 is 4.90 Å². The molecule has 120 valence electrons. The van der Waals surface area contributed by atoms with Crippen LogP contribution >= 0.6 is 11.6 Å². The molecule has 1 aromatic heterocycles. The maximum Gasteiger partial charge on any atom is 0.356 e. The van der Waals surface area contributed by atoms with Gasteiger partial charge in [0, 0.05) is 36.6 Å². The van der Waals surface area contributed by atoms with Crippen LogP contribution in [0.3, 0.4) is 0 Å². The topological polar surface area (TPSA) is 86.5 Å². The second-order valence-corrected chi connectivity index (χ2v) is 6.01. The van der Waals surface area contributed by atoms with Gasteiger partial charge in [0.25, 0.3) is 0 Å². The number of carboxylic acids is 1. The molecule has 3 rings (SSSR count). The Bertz CT molecular complexity index is 691. The molecule has 0 radical (unpaired) electrons. The van der Waals surface area contributed by atoms with Gasteiger partial charge in [0.15, 0.2) is 5.69 Å². The molecular formula is C16H16ClN3O3. The predicted octanol–water partition coefficient (Wildman–Crippen LogP) is 2.04.